The molecular weight excluding hydrogens is 374 g/mol. The second-order valence-corrected chi connectivity index (χ2v) is 8.21. The van der Waals surface area contributed by atoms with E-state index in [1.807, 2.05) is 4.90 Å². The van der Waals surface area contributed by atoms with Crippen LogP contribution in [0.4, 0.5) is 0 Å². The zero-order chi connectivity index (χ0) is 20.2. The molecule has 0 spiro atoms. The Hall–Kier alpha value is -2.17. The van der Waals surface area contributed by atoms with Gasteiger partial charge in [-0.25, -0.2) is 13.1 Å². The number of benzene rings is 1. The summed E-state index contributed by atoms with van der Waals surface area (Å²) >= 11 is 0. The number of sulfonamides is 1. The highest BCUT2D eigenvalue weighted by Gasteiger charge is 2.32. The summed E-state index contributed by atoms with van der Waals surface area (Å²) in [7, 11) is 0.822. The predicted molar refractivity (Wildman–Crippen MR) is 98.4 cm³/mol. The largest absolute Gasteiger partial charge is 0.496 e. The van der Waals surface area contributed by atoms with Gasteiger partial charge in [-0.1, -0.05) is 0 Å². The van der Waals surface area contributed by atoms with Gasteiger partial charge in [-0.2, -0.15) is 0 Å². The lowest BCUT2D eigenvalue weighted by Gasteiger charge is -2.25. The highest BCUT2D eigenvalue weighted by Crippen LogP contribution is 2.25. The molecule has 27 heavy (non-hydrogen) atoms. The van der Waals surface area contributed by atoms with E-state index >= 15 is 0 Å². The second-order valence-electron chi connectivity index (χ2n) is 6.44. The molecule has 1 fully saturated rings. The summed E-state index contributed by atoms with van der Waals surface area (Å²) in [6.07, 6.45) is 1.45. The molecule has 1 amide bonds. The lowest BCUT2D eigenvalue weighted by atomic mass is 10.1. The molecule has 3 N–H and O–H groups in total. The third-order valence-corrected chi connectivity index (χ3v) is 6.28. The van der Waals surface area contributed by atoms with Gasteiger partial charge in [0.15, 0.2) is 0 Å². The van der Waals surface area contributed by atoms with Gasteiger partial charge < -0.3 is 15.2 Å². The van der Waals surface area contributed by atoms with Crippen LogP contribution in [0.1, 0.15) is 29.6 Å². The molecule has 1 aliphatic rings. The van der Waals surface area contributed by atoms with E-state index in [0.717, 1.165) is 0 Å². The number of hydrogen-bond donors (Lipinski definition) is 3. The van der Waals surface area contributed by atoms with Crippen LogP contribution in [-0.2, 0) is 14.8 Å². The molecule has 0 aromatic heterocycles. The molecule has 150 valence electrons. The highest BCUT2D eigenvalue weighted by molar-refractivity contribution is 7.89. The number of hydrogen-bond acceptors (Lipinski definition) is 6. The second kappa shape index (κ2) is 8.68. The monoisotopic (exact) mass is 399 g/mol. The van der Waals surface area contributed by atoms with E-state index < -0.39 is 21.9 Å². The molecule has 1 heterocycles. The van der Waals surface area contributed by atoms with E-state index in [1.54, 1.807) is 7.05 Å². The summed E-state index contributed by atoms with van der Waals surface area (Å²) in [6, 6.07) is 3.90. The van der Waals surface area contributed by atoms with Crippen molar-refractivity contribution in [3.05, 3.63) is 23.8 Å². The van der Waals surface area contributed by atoms with Crippen molar-refractivity contribution in [2.45, 2.75) is 36.2 Å². The number of amides is 1. The number of carboxylic acids is 1. The average molecular weight is 399 g/mol. The summed E-state index contributed by atoms with van der Waals surface area (Å²) in [4.78, 5) is 24.7. The minimum Gasteiger partial charge on any atom is -0.496 e. The molecule has 1 aromatic rings. The van der Waals surface area contributed by atoms with Crippen LogP contribution in [0.3, 0.4) is 0 Å². The van der Waals surface area contributed by atoms with Crippen LogP contribution in [0.25, 0.3) is 0 Å². The first-order chi connectivity index (χ1) is 12.7. The molecule has 1 saturated heterocycles. The van der Waals surface area contributed by atoms with Gasteiger partial charge >= 0.3 is 5.97 Å². The van der Waals surface area contributed by atoms with Gasteiger partial charge in [0.2, 0.25) is 10.0 Å². The predicted octanol–water partition coefficient (Wildman–Crippen LogP) is 0.271. The molecule has 1 aliphatic heterocycles. The number of carbonyl (C=O) groups excluding carboxylic acids is 1. The number of ether oxygens (including phenoxy) is 1. The Morgan fingerprint density at radius 3 is 2.56 bits per heavy atom. The van der Waals surface area contributed by atoms with E-state index in [0.29, 0.717) is 12.8 Å². The summed E-state index contributed by atoms with van der Waals surface area (Å²) in [5, 5.41) is 11.4. The molecule has 0 radical (unpaired) electrons. The Labute approximate surface area is 158 Å². The molecule has 1 aromatic carbocycles. The number of rotatable bonds is 8. The van der Waals surface area contributed by atoms with Crippen LogP contribution in [0.15, 0.2) is 23.1 Å². The van der Waals surface area contributed by atoms with Crippen molar-refractivity contribution in [3.63, 3.8) is 0 Å². The van der Waals surface area contributed by atoms with Gasteiger partial charge in [0, 0.05) is 25.7 Å². The Bertz CT molecular complexity index is 811. The van der Waals surface area contributed by atoms with E-state index in [1.165, 1.54) is 32.4 Å². The fourth-order valence-electron chi connectivity index (χ4n) is 3.24. The maximum Gasteiger partial charge on any atom is 0.304 e. The van der Waals surface area contributed by atoms with Gasteiger partial charge in [-0.05, 0) is 38.1 Å². The topological polar surface area (TPSA) is 125 Å². The Morgan fingerprint density at radius 1 is 1.30 bits per heavy atom. The fourth-order valence-corrected chi connectivity index (χ4v) is 4.34. The van der Waals surface area contributed by atoms with E-state index in [9.17, 15) is 18.0 Å². The molecular formula is C17H25N3O6S. The van der Waals surface area contributed by atoms with Crippen molar-refractivity contribution in [2.24, 2.45) is 0 Å². The standard InChI is InChI=1S/C17H25N3O6S/c1-18-17(23)14-9-13(6-7-15(14)26-3)27(24,25)19-10-12-5-4-11(20(12)2)8-16(21)22/h6-7,9,11-12,19H,4-5,8,10H2,1-3H3,(H,18,23)(H,21,22)/t11-,12+/m1/s1. The highest BCUT2D eigenvalue weighted by atomic mass is 32.2. The first kappa shape index (κ1) is 21.1. The van der Waals surface area contributed by atoms with Gasteiger partial charge in [0.05, 0.1) is 24.0 Å². The molecule has 0 saturated carbocycles. The summed E-state index contributed by atoms with van der Waals surface area (Å²) in [5.41, 5.74) is 0.127. The molecule has 0 aliphatic carbocycles. The normalized spacial score (nSPS) is 20.4. The van der Waals surface area contributed by atoms with E-state index in [4.69, 9.17) is 9.84 Å². The average Bonchev–Trinajstić information content (AvgIpc) is 2.98. The summed E-state index contributed by atoms with van der Waals surface area (Å²) in [5.74, 6) is -1.04. The lowest BCUT2D eigenvalue weighted by molar-refractivity contribution is -0.138. The number of aliphatic carboxylic acids is 1. The molecule has 9 nitrogen and oxygen atoms in total. The number of nitrogens with one attached hydrogen (secondary N) is 2. The number of likely N-dealkylation sites (N-methyl/N-ethyl adjacent to an activating group) is 1. The zero-order valence-electron chi connectivity index (χ0n) is 15.6. The first-order valence-electron chi connectivity index (χ1n) is 8.53. The van der Waals surface area contributed by atoms with Crippen molar-refractivity contribution < 1.29 is 27.9 Å². The number of methoxy groups -OCH3 is 1. The maximum atomic E-state index is 12.6. The smallest absolute Gasteiger partial charge is 0.304 e. The SMILES string of the molecule is CNC(=O)c1cc(S(=O)(=O)NC[C@@H]2CC[C@H](CC(=O)O)N2C)ccc1OC. The van der Waals surface area contributed by atoms with Crippen LogP contribution >= 0.6 is 0 Å². The molecule has 0 bridgehead atoms. The maximum absolute atomic E-state index is 12.6. The van der Waals surface area contributed by atoms with Gasteiger partial charge in [-0.3, -0.25) is 14.5 Å². The van der Waals surface area contributed by atoms with Crippen molar-refractivity contribution in [1.82, 2.24) is 14.9 Å². The molecule has 2 atom stereocenters. The zero-order valence-corrected chi connectivity index (χ0v) is 16.4. The van der Waals surface area contributed by atoms with Crippen molar-refractivity contribution in [3.8, 4) is 5.75 Å². The lowest BCUT2D eigenvalue weighted by Crippen LogP contribution is -2.41. The number of carboxylic acid groups (broad SMARTS) is 1. The summed E-state index contributed by atoms with van der Waals surface area (Å²) < 4.78 is 32.9. The fraction of sp³-hybridized carbons (Fsp3) is 0.529. The van der Waals surface area contributed by atoms with Gasteiger partial charge in [-0.15, -0.1) is 0 Å². The third kappa shape index (κ3) is 4.96. The van der Waals surface area contributed by atoms with Crippen LogP contribution in [0.2, 0.25) is 0 Å². The van der Waals surface area contributed by atoms with Gasteiger partial charge in [0.25, 0.3) is 5.91 Å². The van der Waals surface area contributed by atoms with Crippen LogP contribution in [0, 0.1) is 0 Å². The van der Waals surface area contributed by atoms with Crippen molar-refractivity contribution in [1.29, 1.82) is 0 Å². The van der Waals surface area contributed by atoms with Crippen LogP contribution in [-0.4, -0.2) is 70.1 Å². The third-order valence-electron chi connectivity index (χ3n) is 4.86. The quantitative estimate of drug-likeness (QED) is 0.573. The minimum absolute atomic E-state index is 0.0354. The minimum atomic E-state index is -3.83. The Kier molecular flexibility index (Phi) is 6.79. The van der Waals surface area contributed by atoms with Gasteiger partial charge in [0.1, 0.15) is 5.75 Å². The van der Waals surface area contributed by atoms with Crippen molar-refractivity contribution in [2.75, 3.05) is 27.7 Å². The number of likely N-dealkylation sites (tertiary alicyclic amines) is 1. The molecule has 0 unspecified atom stereocenters. The number of carbonyl (C=O) groups is 2. The Morgan fingerprint density at radius 2 is 1.96 bits per heavy atom. The first-order valence-corrected chi connectivity index (χ1v) is 10.0. The van der Waals surface area contributed by atoms with Crippen LogP contribution < -0.4 is 14.8 Å². The van der Waals surface area contributed by atoms with Crippen LogP contribution in [0.5, 0.6) is 5.75 Å². The number of nitrogens with zero attached hydrogens (tertiary/aromatic N) is 1. The van der Waals surface area contributed by atoms with Crippen molar-refractivity contribution >= 4 is 21.9 Å². The summed E-state index contributed by atoms with van der Waals surface area (Å²) in [6.45, 7) is 0.163. The Balaban J connectivity index is 2.11. The van der Waals surface area contributed by atoms with E-state index in [2.05, 4.69) is 10.0 Å². The molecule has 10 heteroatoms. The van der Waals surface area contributed by atoms with E-state index in [-0.39, 0.29) is 41.3 Å². The molecule has 2 rings (SSSR count).